The molecule has 144 valence electrons. The number of carbonyl (C=O) groups is 1. The van der Waals surface area contributed by atoms with Crippen LogP contribution in [0.5, 0.6) is 0 Å². The fraction of sp³-hybridized carbons (Fsp3) is 0.889. The van der Waals surface area contributed by atoms with Crippen LogP contribution in [0.3, 0.4) is 0 Å². The maximum Gasteiger partial charge on any atom is 0.308 e. The number of guanidine groups is 1. The van der Waals surface area contributed by atoms with Crippen LogP contribution >= 0.6 is 0 Å². The average molecular weight is 354 g/mol. The minimum absolute atomic E-state index is 0.0343. The van der Waals surface area contributed by atoms with Crippen molar-refractivity contribution in [1.29, 1.82) is 0 Å². The van der Waals surface area contributed by atoms with Gasteiger partial charge in [0.15, 0.2) is 5.96 Å². The van der Waals surface area contributed by atoms with Crippen molar-refractivity contribution in [1.82, 2.24) is 20.4 Å². The molecule has 0 bridgehead atoms. The fourth-order valence-corrected chi connectivity index (χ4v) is 3.66. The van der Waals surface area contributed by atoms with Gasteiger partial charge >= 0.3 is 5.97 Å². The van der Waals surface area contributed by atoms with Gasteiger partial charge in [-0.2, -0.15) is 0 Å². The summed E-state index contributed by atoms with van der Waals surface area (Å²) in [5, 5.41) is 6.99. The van der Waals surface area contributed by atoms with E-state index in [4.69, 9.17) is 4.74 Å². The Hall–Kier alpha value is -1.34. The first-order valence-corrected chi connectivity index (χ1v) is 9.56. The lowest BCUT2D eigenvalue weighted by molar-refractivity contribution is -0.149. The Bertz CT molecular complexity index is 449. The summed E-state index contributed by atoms with van der Waals surface area (Å²) in [4.78, 5) is 21.0. The zero-order valence-corrected chi connectivity index (χ0v) is 16.3. The molecule has 0 aromatic carbocycles. The second-order valence-corrected chi connectivity index (χ2v) is 7.29. The number of nitrogens with one attached hydrogen (secondary N) is 2. The summed E-state index contributed by atoms with van der Waals surface area (Å²) < 4.78 is 5.14. The summed E-state index contributed by atoms with van der Waals surface area (Å²) in [6.45, 7) is 6.53. The second-order valence-electron chi connectivity index (χ2n) is 7.29. The Morgan fingerprint density at radius 2 is 1.92 bits per heavy atom. The summed E-state index contributed by atoms with van der Waals surface area (Å²) in [5.41, 5.74) is 0. The predicted octanol–water partition coefficient (Wildman–Crippen LogP) is 0.519. The van der Waals surface area contributed by atoms with E-state index in [-0.39, 0.29) is 11.9 Å². The number of piperazine rings is 1. The van der Waals surface area contributed by atoms with Crippen molar-refractivity contribution in [3.05, 3.63) is 0 Å². The third-order valence-corrected chi connectivity index (χ3v) is 5.40. The zero-order chi connectivity index (χ0) is 18.2. The molecular formula is C18H35N5O2. The van der Waals surface area contributed by atoms with Crippen molar-refractivity contribution in [3.63, 3.8) is 0 Å². The molecule has 2 fully saturated rings. The van der Waals surface area contributed by atoms with Crippen LogP contribution in [0.4, 0.5) is 0 Å². The summed E-state index contributed by atoms with van der Waals surface area (Å²) >= 11 is 0. The standard InChI is InChI=1S/C18H35N5O2/c1-5-25-17(24)14-6-8-15(9-7-14)21-18(19-2)20-12-16-13-22(3)10-11-23(16)4/h14-16H,5-13H2,1-4H3,(H2,19,20,21). The highest BCUT2D eigenvalue weighted by Crippen LogP contribution is 2.25. The van der Waals surface area contributed by atoms with Crippen LogP contribution in [0.2, 0.25) is 0 Å². The largest absolute Gasteiger partial charge is 0.466 e. The molecule has 2 aliphatic rings. The molecule has 0 spiro atoms. The number of ether oxygens (including phenoxy) is 1. The van der Waals surface area contributed by atoms with Gasteiger partial charge in [-0.3, -0.25) is 14.7 Å². The molecule has 0 amide bonds. The molecule has 7 heteroatoms. The molecule has 1 heterocycles. The van der Waals surface area contributed by atoms with Crippen LogP contribution in [0.1, 0.15) is 32.6 Å². The number of likely N-dealkylation sites (N-methyl/N-ethyl adjacent to an activating group) is 2. The predicted molar refractivity (Wildman–Crippen MR) is 101 cm³/mol. The van der Waals surface area contributed by atoms with Gasteiger partial charge in [-0.05, 0) is 46.7 Å². The molecule has 0 aromatic rings. The number of rotatable bonds is 5. The lowest BCUT2D eigenvalue weighted by Crippen LogP contribution is -2.56. The Labute approximate surface area is 152 Å². The average Bonchev–Trinajstić information content (AvgIpc) is 2.62. The molecule has 1 unspecified atom stereocenters. The normalized spacial score (nSPS) is 29.3. The van der Waals surface area contributed by atoms with E-state index in [0.717, 1.165) is 57.8 Å². The number of hydrogen-bond donors (Lipinski definition) is 2. The van der Waals surface area contributed by atoms with E-state index in [2.05, 4.69) is 39.5 Å². The summed E-state index contributed by atoms with van der Waals surface area (Å²) in [7, 11) is 6.18. The molecule has 2 rings (SSSR count). The Balaban J connectivity index is 1.73. The second kappa shape index (κ2) is 9.97. The van der Waals surface area contributed by atoms with Gasteiger partial charge in [-0.15, -0.1) is 0 Å². The van der Waals surface area contributed by atoms with Crippen molar-refractivity contribution in [2.24, 2.45) is 10.9 Å². The molecule has 2 N–H and O–H groups in total. The van der Waals surface area contributed by atoms with Gasteiger partial charge in [0.25, 0.3) is 0 Å². The first-order valence-electron chi connectivity index (χ1n) is 9.56. The number of hydrogen-bond acceptors (Lipinski definition) is 5. The number of carbonyl (C=O) groups excluding carboxylic acids is 1. The molecular weight excluding hydrogens is 318 g/mol. The Kier molecular flexibility index (Phi) is 7.96. The maximum atomic E-state index is 11.8. The number of esters is 1. The van der Waals surface area contributed by atoms with E-state index < -0.39 is 0 Å². The summed E-state index contributed by atoms with van der Waals surface area (Å²) in [6.07, 6.45) is 3.75. The van der Waals surface area contributed by atoms with Crippen LogP contribution in [0.25, 0.3) is 0 Å². The van der Waals surface area contributed by atoms with Gasteiger partial charge in [0.05, 0.1) is 12.5 Å². The van der Waals surface area contributed by atoms with Gasteiger partial charge in [-0.1, -0.05) is 0 Å². The highest BCUT2D eigenvalue weighted by molar-refractivity contribution is 5.80. The van der Waals surface area contributed by atoms with Gasteiger partial charge in [0.1, 0.15) is 0 Å². The van der Waals surface area contributed by atoms with Crippen LogP contribution in [-0.4, -0.2) is 87.7 Å². The molecule has 1 aliphatic heterocycles. The summed E-state index contributed by atoms with van der Waals surface area (Å²) in [6, 6.07) is 0.875. The van der Waals surface area contributed by atoms with Crippen LogP contribution < -0.4 is 10.6 Å². The molecule has 1 atom stereocenters. The van der Waals surface area contributed by atoms with Crippen molar-refractivity contribution >= 4 is 11.9 Å². The van der Waals surface area contributed by atoms with E-state index in [0.29, 0.717) is 18.7 Å². The smallest absolute Gasteiger partial charge is 0.308 e. The molecule has 25 heavy (non-hydrogen) atoms. The molecule has 0 radical (unpaired) electrons. The maximum absolute atomic E-state index is 11.8. The van der Waals surface area contributed by atoms with Gasteiger partial charge in [-0.25, -0.2) is 0 Å². The minimum atomic E-state index is -0.0343. The van der Waals surface area contributed by atoms with Gasteiger partial charge < -0.3 is 20.3 Å². The summed E-state index contributed by atoms with van der Waals surface area (Å²) in [5.74, 6) is 0.897. The first kappa shape index (κ1) is 20.0. The Morgan fingerprint density at radius 1 is 1.20 bits per heavy atom. The molecule has 1 saturated carbocycles. The monoisotopic (exact) mass is 353 g/mol. The SMILES string of the molecule is CCOC(=O)C1CCC(NC(=NC)NCC2CN(C)CCN2C)CC1. The van der Waals surface area contributed by atoms with Crippen LogP contribution in [0, 0.1) is 5.92 Å². The van der Waals surface area contributed by atoms with E-state index >= 15 is 0 Å². The van der Waals surface area contributed by atoms with Crippen molar-refractivity contribution in [2.75, 3.05) is 53.9 Å². The molecule has 1 aliphatic carbocycles. The van der Waals surface area contributed by atoms with E-state index in [1.54, 1.807) is 0 Å². The lowest BCUT2D eigenvalue weighted by atomic mass is 9.86. The number of nitrogens with zero attached hydrogens (tertiary/aromatic N) is 3. The zero-order valence-electron chi connectivity index (χ0n) is 16.3. The van der Waals surface area contributed by atoms with Crippen molar-refractivity contribution in [3.8, 4) is 0 Å². The lowest BCUT2D eigenvalue weighted by Gasteiger charge is -2.38. The third kappa shape index (κ3) is 6.15. The van der Waals surface area contributed by atoms with Gasteiger partial charge in [0, 0.05) is 45.3 Å². The fourth-order valence-electron chi connectivity index (χ4n) is 3.66. The molecule has 0 aromatic heterocycles. The number of aliphatic imine (C=N–C) groups is 1. The minimum Gasteiger partial charge on any atom is -0.466 e. The highest BCUT2D eigenvalue weighted by Gasteiger charge is 2.28. The molecule has 7 nitrogen and oxygen atoms in total. The topological polar surface area (TPSA) is 69.2 Å². The van der Waals surface area contributed by atoms with E-state index in [1.807, 2.05) is 14.0 Å². The highest BCUT2D eigenvalue weighted by atomic mass is 16.5. The van der Waals surface area contributed by atoms with Gasteiger partial charge in [0.2, 0.25) is 0 Å². The van der Waals surface area contributed by atoms with E-state index in [9.17, 15) is 4.79 Å². The quantitative estimate of drug-likeness (QED) is 0.427. The third-order valence-electron chi connectivity index (χ3n) is 5.40. The van der Waals surface area contributed by atoms with Crippen LogP contribution in [-0.2, 0) is 9.53 Å². The Morgan fingerprint density at radius 3 is 2.56 bits per heavy atom. The first-order chi connectivity index (χ1) is 12.0. The van der Waals surface area contributed by atoms with Crippen molar-refractivity contribution in [2.45, 2.75) is 44.7 Å². The van der Waals surface area contributed by atoms with E-state index in [1.165, 1.54) is 0 Å². The van der Waals surface area contributed by atoms with Crippen molar-refractivity contribution < 1.29 is 9.53 Å². The molecule has 1 saturated heterocycles. The van der Waals surface area contributed by atoms with Crippen LogP contribution in [0.15, 0.2) is 4.99 Å².